The van der Waals surface area contributed by atoms with Crippen molar-refractivity contribution >= 4 is 29.4 Å². The summed E-state index contributed by atoms with van der Waals surface area (Å²) in [5, 5.41) is 3.78. The van der Waals surface area contributed by atoms with Crippen molar-refractivity contribution in [1.82, 2.24) is 10.2 Å². The summed E-state index contributed by atoms with van der Waals surface area (Å²) in [6.07, 6.45) is 4.68. The molecule has 2 heterocycles. The fraction of sp³-hybridized carbons (Fsp3) is 0.500. The normalized spacial score (nSPS) is 23.3. The number of rotatable bonds is 1. The van der Waals surface area contributed by atoms with E-state index in [2.05, 4.69) is 33.2 Å². The van der Waals surface area contributed by atoms with Crippen LogP contribution >= 0.6 is 12.2 Å². The third-order valence-electron chi connectivity index (χ3n) is 2.69. The molecule has 1 unspecified atom stereocenters. The zero-order valence-corrected chi connectivity index (χ0v) is 9.71. The van der Waals surface area contributed by atoms with Crippen LogP contribution in [0.4, 0.5) is 0 Å². The minimum absolute atomic E-state index is 0.257. The maximum atomic E-state index is 5.27. The van der Waals surface area contributed by atoms with Crippen molar-refractivity contribution < 1.29 is 0 Å². The maximum Gasteiger partial charge on any atom is 0.169 e. The van der Waals surface area contributed by atoms with E-state index in [0.29, 0.717) is 0 Å². The Kier molecular flexibility index (Phi) is 2.81. The van der Waals surface area contributed by atoms with E-state index in [-0.39, 0.29) is 6.04 Å². The molecule has 2 aliphatic rings. The van der Waals surface area contributed by atoms with Gasteiger partial charge in [0.1, 0.15) is 6.34 Å². The highest BCUT2D eigenvalue weighted by molar-refractivity contribution is 7.80. The predicted octanol–water partition coefficient (Wildman–Crippen LogP) is 0.952. The molecule has 5 heteroatoms. The van der Waals surface area contributed by atoms with E-state index in [0.717, 1.165) is 29.5 Å². The van der Waals surface area contributed by atoms with E-state index in [1.165, 1.54) is 0 Å². The number of nitrogens with one attached hydrogen (secondary N) is 1. The van der Waals surface area contributed by atoms with Crippen LogP contribution in [0.1, 0.15) is 13.3 Å². The van der Waals surface area contributed by atoms with Crippen molar-refractivity contribution in [3.05, 3.63) is 11.8 Å². The number of hydrogen-bond donors (Lipinski definition) is 1. The smallest absolute Gasteiger partial charge is 0.169 e. The first-order valence-corrected chi connectivity index (χ1v) is 5.47. The fourth-order valence-electron chi connectivity index (χ4n) is 1.94. The van der Waals surface area contributed by atoms with Crippen LogP contribution in [0.15, 0.2) is 21.8 Å². The Morgan fingerprint density at radius 1 is 1.73 bits per heavy atom. The fourth-order valence-corrected chi connectivity index (χ4v) is 2.14. The monoisotopic (exact) mass is 222 g/mol. The molecule has 2 aliphatic heterocycles. The molecule has 0 aromatic carbocycles. The summed E-state index contributed by atoms with van der Waals surface area (Å²) in [4.78, 5) is 10.7. The molecule has 0 spiro atoms. The Morgan fingerprint density at radius 3 is 3.20 bits per heavy atom. The van der Waals surface area contributed by atoms with Gasteiger partial charge in [0.05, 0.1) is 17.5 Å². The molecule has 0 fully saturated rings. The van der Waals surface area contributed by atoms with Crippen molar-refractivity contribution in [1.29, 1.82) is 0 Å². The van der Waals surface area contributed by atoms with Gasteiger partial charge in [-0.2, -0.15) is 0 Å². The van der Waals surface area contributed by atoms with Crippen LogP contribution < -0.4 is 5.32 Å². The summed E-state index contributed by atoms with van der Waals surface area (Å²) in [5.41, 5.74) is 2.05. The van der Waals surface area contributed by atoms with Gasteiger partial charge in [-0.25, -0.2) is 9.98 Å². The van der Waals surface area contributed by atoms with Gasteiger partial charge in [0.2, 0.25) is 0 Å². The third-order valence-corrected chi connectivity index (χ3v) is 3.13. The highest BCUT2D eigenvalue weighted by Crippen LogP contribution is 2.21. The summed E-state index contributed by atoms with van der Waals surface area (Å²) in [7, 11) is 1.85. The lowest BCUT2D eigenvalue weighted by Crippen LogP contribution is -2.50. The van der Waals surface area contributed by atoms with Crippen molar-refractivity contribution in [2.24, 2.45) is 9.98 Å². The Labute approximate surface area is 94.8 Å². The molecular weight excluding hydrogens is 208 g/mol. The van der Waals surface area contributed by atoms with Gasteiger partial charge in [0.15, 0.2) is 5.11 Å². The topological polar surface area (TPSA) is 40.0 Å². The lowest BCUT2D eigenvalue weighted by molar-refractivity contribution is 0.391. The molecule has 0 amide bonds. The van der Waals surface area contributed by atoms with Gasteiger partial charge >= 0.3 is 0 Å². The first-order chi connectivity index (χ1) is 7.27. The summed E-state index contributed by atoms with van der Waals surface area (Å²) in [6.45, 7) is 2.95. The van der Waals surface area contributed by atoms with Gasteiger partial charge in [0, 0.05) is 13.6 Å². The molecule has 0 aliphatic carbocycles. The molecular formula is C10H14N4S. The molecule has 4 nitrogen and oxygen atoms in total. The molecule has 0 aromatic heterocycles. The van der Waals surface area contributed by atoms with E-state index < -0.39 is 0 Å². The molecule has 0 aromatic rings. The molecule has 1 atom stereocenters. The second-order valence-corrected chi connectivity index (χ2v) is 3.87. The Morgan fingerprint density at radius 2 is 2.53 bits per heavy atom. The Balaban J connectivity index is 2.27. The lowest BCUT2D eigenvalue weighted by atomic mass is 10.0. The molecule has 0 bridgehead atoms. The van der Waals surface area contributed by atoms with Crippen LogP contribution in [-0.2, 0) is 0 Å². The highest BCUT2D eigenvalue weighted by atomic mass is 32.1. The first-order valence-electron chi connectivity index (χ1n) is 5.07. The molecule has 15 heavy (non-hydrogen) atoms. The quantitative estimate of drug-likeness (QED) is 0.672. The number of hydrogen-bond acceptors (Lipinski definition) is 3. The van der Waals surface area contributed by atoms with Crippen molar-refractivity contribution in [3.8, 4) is 0 Å². The highest BCUT2D eigenvalue weighted by Gasteiger charge is 2.30. The Hall–Kier alpha value is -1.23. The standard InChI is InChI=1S/C10H14N4S/c1-3-8-9-7(12-6-13-9)4-5-14(8)10(15)11-2/h4,6,8H,3,5H2,1-2H3,(H,11,15). The molecule has 0 saturated heterocycles. The van der Waals surface area contributed by atoms with Crippen LogP contribution in [0, 0.1) is 0 Å². The average molecular weight is 222 g/mol. The van der Waals surface area contributed by atoms with Crippen LogP contribution in [0.2, 0.25) is 0 Å². The first kappa shape index (κ1) is 10.3. The maximum absolute atomic E-state index is 5.27. The minimum Gasteiger partial charge on any atom is -0.366 e. The van der Waals surface area contributed by atoms with E-state index in [1.54, 1.807) is 6.34 Å². The largest absolute Gasteiger partial charge is 0.366 e. The van der Waals surface area contributed by atoms with Crippen LogP contribution in [0.5, 0.6) is 0 Å². The number of fused-ring (bicyclic) bond motifs is 1. The van der Waals surface area contributed by atoms with Gasteiger partial charge in [-0.05, 0) is 24.7 Å². The van der Waals surface area contributed by atoms with E-state index in [1.807, 2.05) is 7.05 Å². The minimum atomic E-state index is 0.257. The summed E-state index contributed by atoms with van der Waals surface area (Å²) in [6, 6.07) is 0.257. The molecule has 1 N–H and O–H groups in total. The van der Waals surface area contributed by atoms with Gasteiger partial charge in [-0.1, -0.05) is 6.92 Å². The summed E-state index contributed by atoms with van der Waals surface area (Å²) >= 11 is 5.27. The van der Waals surface area contributed by atoms with Crippen molar-refractivity contribution in [3.63, 3.8) is 0 Å². The average Bonchev–Trinajstić information content (AvgIpc) is 2.74. The summed E-state index contributed by atoms with van der Waals surface area (Å²) in [5.74, 6) is 0. The molecule has 0 saturated carbocycles. The van der Waals surface area contributed by atoms with Gasteiger partial charge in [-0.15, -0.1) is 0 Å². The van der Waals surface area contributed by atoms with Crippen molar-refractivity contribution in [2.45, 2.75) is 19.4 Å². The molecule has 80 valence electrons. The lowest BCUT2D eigenvalue weighted by Gasteiger charge is -2.35. The molecule has 0 radical (unpaired) electrons. The number of nitrogens with zero attached hydrogens (tertiary/aromatic N) is 3. The third kappa shape index (κ3) is 1.67. The zero-order valence-electron chi connectivity index (χ0n) is 8.90. The SMILES string of the molecule is CCC1C2=NC=NC2=CCN1C(=S)NC. The van der Waals surface area contributed by atoms with Gasteiger partial charge in [-0.3, -0.25) is 0 Å². The van der Waals surface area contributed by atoms with Crippen molar-refractivity contribution in [2.75, 3.05) is 13.6 Å². The van der Waals surface area contributed by atoms with E-state index in [9.17, 15) is 0 Å². The van der Waals surface area contributed by atoms with E-state index in [4.69, 9.17) is 12.2 Å². The second kappa shape index (κ2) is 4.10. The van der Waals surface area contributed by atoms with Gasteiger partial charge < -0.3 is 10.2 Å². The van der Waals surface area contributed by atoms with Crippen LogP contribution in [-0.4, -0.2) is 41.7 Å². The Bertz CT molecular complexity index is 370. The summed E-state index contributed by atoms with van der Waals surface area (Å²) < 4.78 is 0. The second-order valence-electron chi connectivity index (χ2n) is 3.48. The van der Waals surface area contributed by atoms with E-state index >= 15 is 0 Å². The predicted molar refractivity (Wildman–Crippen MR) is 66.5 cm³/mol. The number of aliphatic imine (C=N–C) groups is 2. The molecule has 2 rings (SSSR count). The van der Waals surface area contributed by atoms with Crippen LogP contribution in [0.25, 0.3) is 0 Å². The number of thiocarbonyl (C=S) groups is 1. The zero-order chi connectivity index (χ0) is 10.8. The van der Waals surface area contributed by atoms with Crippen LogP contribution in [0.3, 0.4) is 0 Å². The van der Waals surface area contributed by atoms with Gasteiger partial charge in [0.25, 0.3) is 0 Å².